The number of hydrogen-bond acceptors (Lipinski definition) is 6. The zero-order valence-electron chi connectivity index (χ0n) is 19.4. The number of amides is 1. The first-order valence-corrected chi connectivity index (χ1v) is 13.4. The maximum atomic E-state index is 13.5. The van der Waals surface area contributed by atoms with Crippen molar-refractivity contribution in [3.8, 4) is 0 Å². The van der Waals surface area contributed by atoms with E-state index < -0.39 is 5.97 Å². The number of nitrogens with zero attached hydrogens (tertiary/aromatic N) is 5. The standard InChI is InChI=1S/C25H31N5O3S/c31-21(30(17-9-3-1-4-10-17)18-11-5-2-6-12-18)16-34-25-26-24-23(27-28-25)19-13-7-8-14-20(19)29(24)15-22(32)33/h7-8,13-14,17-18H,1-6,9-12,15-16H2,(H,32,33). The third-order valence-electron chi connectivity index (χ3n) is 7.20. The Bertz CT molecular complexity index is 1170. The van der Waals surface area contributed by atoms with Gasteiger partial charge in [-0.25, -0.2) is 4.98 Å². The van der Waals surface area contributed by atoms with Gasteiger partial charge in [-0.2, -0.15) is 0 Å². The highest BCUT2D eigenvalue weighted by molar-refractivity contribution is 7.99. The van der Waals surface area contributed by atoms with Crippen molar-refractivity contribution in [2.24, 2.45) is 0 Å². The Morgan fingerprint density at radius 2 is 1.62 bits per heavy atom. The molecule has 1 amide bonds. The van der Waals surface area contributed by atoms with Gasteiger partial charge in [0.15, 0.2) is 5.65 Å². The van der Waals surface area contributed by atoms with E-state index in [-0.39, 0.29) is 18.2 Å². The fourth-order valence-electron chi connectivity index (χ4n) is 5.67. The first kappa shape index (κ1) is 23.1. The summed E-state index contributed by atoms with van der Waals surface area (Å²) in [5.41, 5.74) is 1.84. The molecule has 0 aliphatic heterocycles. The molecule has 9 heteroatoms. The fraction of sp³-hybridized carbons (Fsp3) is 0.560. The molecule has 0 saturated heterocycles. The van der Waals surface area contributed by atoms with Gasteiger partial charge < -0.3 is 14.6 Å². The molecule has 2 fully saturated rings. The predicted molar refractivity (Wildman–Crippen MR) is 132 cm³/mol. The van der Waals surface area contributed by atoms with Crippen LogP contribution < -0.4 is 0 Å². The van der Waals surface area contributed by atoms with E-state index in [1.54, 1.807) is 4.57 Å². The third-order valence-corrected chi connectivity index (χ3v) is 8.02. The van der Waals surface area contributed by atoms with Crippen LogP contribution in [0.3, 0.4) is 0 Å². The number of thioether (sulfide) groups is 1. The third kappa shape index (κ3) is 4.76. The molecule has 2 aliphatic carbocycles. The number of carboxylic acids is 1. The number of rotatable bonds is 7. The topological polar surface area (TPSA) is 101 Å². The van der Waals surface area contributed by atoms with Crippen molar-refractivity contribution >= 4 is 45.7 Å². The lowest BCUT2D eigenvalue weighted by Crippen LogP contribution is -2.49. The zero-order valence-corrected chi connectivity index (χ0v) is 20.2. The number of benzene rings is 1. The lowest BCUT2D eigenvalue weighted by atomic mass is 9.88. The maximum Gasteiger partial charge on any atom is 0.323 e. The van der Waals surface area contributed by atoms with E-state index >= 15 is 0 Å². The van der Waals surface area contributed by atoms with Gasteiger partial charge in [-0.15, -0.1) is 10.2 Å². The summed E-state index contributed by atoms with van der Waals surface area (Å²) in [5, 5.41) is 19.3. The van der Waals surface area contributed by atoms with Crippen LogP contribution in [0.4, 0.5) is 0 Å². The van der Waals surface area contributed by atoms with Gasteiger partial charge in [-0.3, -0.25) is 9.59 Å². The Hall–Kier alpha value is -2.68. The van der Waals surface area contributed by atoms with Crippen LogP contribution in [0, 0.1) is 0 Å². The van der Waals surface area contributed by atoms with Crippen molar-refractivity contribution in [3.05, 3.63) is 24.3 Å². The molecule has 2 saturated carbocycles. The lowest BCUT2D eigenvalue weighted by molar-refractivity contribution is -0.137. The minimum Gasteiger partial charge on any atom is -0.480 e. The first-order valence-electron chi connectivity index (χ1n) is 12.4. The molecule has 180 valence electrons. The summed E-state index contributed by atoms with van der Waals surface area (Å²) in [5.74, 6) is -0.501. The van der Waals surface area contributed by atoms with Crippen molar-refractivity contribution in [1.82, 2.24) is 24.6 Å². The SMILES string of the molecule is O=C(O)Cn1c2ccccc2c2nnc(SCC(=O)N(C3CCCCC3)C3CCCCC3)nc21. The van der Waals surface area contributed by atoms with Crippen LogP contribution in [0.1, 0.15) is 64.2 Å². The Morgan fingerprint density at radius 3 is 2.26 bits per heavy atom. The van der Waals surface area contributed by atoms with E-state index in [1.807, 2.05) is 24.3 Å². The Balaban J connectivity index is 1.38. The maximum absolute atomic E-state index is 13.5. The average molecular weight is 482 g/mol. The van der Waals surface area contributed by atoms with Gasteiger partial charge >= 0.3 is 5.97 Å². The molecule has 0 unspecified atom stereocenters. The molecule has 2 aliphatic rings. The molecule has 2 heterocycles. The summed E-state index contributed by atoms with van der Waals surface area (Å²) in [6.07, 6.45) is 11.7. The second-order valence-electron chi connectivity index (χ2n) is 9.44. The van der Waals surface area contributed by atoms with E-state index in [0.717, 1.165) is 36.6 Å². The highest BCUT2D eigenvalue weighted by Gasteiger charge is 2.32. The zero-order chi connectivity index (χ0) is 23.5. The fourth-order valence-corrected chi connectivity index (χ4v) is 6.32. The molecule has 1 aromatic carbocycles. The first-order chi connectivity index (χ1) is 16.6. The van der Waals surface area contributed by atoms with Crippen LogP contribution in [0.15, 0.2) is 29.4 Å². The highest BCUT2D eigenvalue weighted by Crippen LogP contribution is 2.32. The van der Waals surface area contributed by atoms with Crippen molar-refractivity contribution in [2.75, 3.05) is 5.75 Å². The van der Waals surface area contributed by atoms with E-state index in [9.17, 15) is 14.7 Å². The number of carboxylic acid groups (broad SMARTS) is 1. The van der Waals surface area contributed by atoms with Gasteiger partial charge in [0.25, 0.3) is 0 Å². The number of carbonyl (C=O) groups is 2. The summed E-state index contributed by atoms with van der Waals surface area (Å²) >= 11 is 1.30. The van der Waals surface area contributed by atoms with Crippen LogP contribution in [-0.2, 0) is 16.1 Å². The molecular formula is C25H31N5O3S. The Kier molecular flexibility index (Phi) is 6.99. The monoisotopic (exact) mass is 481 g/mol. The Labute approximate surface area is 203 Å². The number of aromatic nitrogens is 4. The van der Waals surface area contributed by atoms with Crippen molar-refractivity contribution < 1.29 is 14.7 Å². The summed E-state index contributed by atoms with van der Waals surface area (Å²) in [4.78, 5) is 31.8. The van der Waals surface area contributed by atoms with E-state index in [2.05, 4.69) is 20.1 Å². The van der Waals surface area contributed by atoms with Crippen LogP contribution in [0.25, 0.3) is 22.1 Å². The van der Waals surface area contributed by atoms with Crippen LogP contribution >= 0.6 is 11.8 Å². The van der Waals surface area contributed by atoms with Gasteiger partial charge in [0.05, 0.1) is 11.3 Å². The molecule has 1 N–H and O–H groups in total. The van der Waals surface area contributed by atoms with Gasteiger partial charge in [0, 0.05) is 17.5 Å². The summed E-state index contributed by atoms with van der Waals surface area (Å²) in [6.45, 7) is -0.205. The number of hydrogen-bond donors (Lipinski definition) is 1. The number of carbonyl (C=O) groups excluding carboxylic acids is 1. The van der Waals surface area contributed by atoms with E-state index in [4.69, 9.17) is 0 Å². The summed E-state index contributed by atoms with van der Waals surface area (Å²) < 4.78 is 1.66. The normalized spacial score (nSPS) is 17.9. The van der Waals surface area contributed by atoms with Crippen LogP contribution in [-0.4, -0.2) is 59.5 Å². The molecule has 0 atom stereocenters. The number of fused-ring (bicyclic) bond motifs is 3. The second kappa shape index (κ2) is 10.3. The number of aliphatic carboxylic acids is 1. The van der Waals surface area contributed by atoms with Crippen LogP contribution in [0.5, 0.6) is 0 Å². The molecule has 8 nitrogen and oxygen atoms in total. The van der Waals surface area contributed by atoms with Crippen LogP contribution in [0.2, 0.25) is 0 Å². The van der Waals surface area contributed by atoms with Crippen molar-refractivity contribution in [2.45, 2.75) is 88.0 Å². The summed E-state index contributed by atoms with van der Waals surface area (Å²) in [6, 6.07) is 8.22. The number of para-hydroxylation sites is 1. The molecule has 34 heavy (non-hydrogen) atoms. The smallest absolute Gasteiger partial charge is 0.323 e. The predicted octanol–water partition coefficient (Wildman–Crippen LogP) is 4.65. The molecule has 0 spiro atoms. The van der Waals surface area contributed by atoms with Crippen molar-refractivity contribution in [3.63, 3.8) is 0 Å². The molecule has 0 bridgehead atoms. The quantitative estimate of drug-likeness (QED) is 0.490. The van der Waals surface area contributed by atoms with Gasteiger partial charge in [-0.1, -0.05) is 68.5 Å². The van der Waals surface area contributed by atoms with Gasteiger partial charge in [0.2, 0.25) is 11.1 Å². The highest BCUT2D eigenvalue weighted by atomic mass is 32.2. The lowest BCUT2D eigenvalue weighted by Gasteiger charge is -2.41. The van der Waals surface area contributed by atoms with Gasteiger partial charge in [-0.05, 0) is 31.7 Å². The molecule has 5 rings (SSSR count). The largest absolute Gasteiger partial charge is 0.480 e. The Morgan fingerprint density at radius 1 is 0.971 bits per heavy atom. The van der Waals surface area contributed by atoms with E-state index in [0.29, 0.717) is 28.4 Å². The molecule has 2 aromatic heterocycles. The molecule has 3 aromatic rings. The molecular weight excluding hydrogens is 450 g/mol. The average Bonchev–Trinajstić information content (AvgIpc) is 3.17. The van der Waals surface area contributed by atoms with Crippen molar-refractivity contribution in [1.29, 1.82) is 0 Å². The van der Waals surface area contributed by atoms with Gasteiger partial charge in [0.1, 0.15) is 12.1 Å². The minimum absolute atomic E-state index is 0.165. The minimum atomic E-state index is -0.943. The second-order valence-corrected chi connectivity index (χ2v) is 10.4. The summed E-state index contributed by atoms with van der Waals surface area (Å²) in [7, 11) is 0. The molecule has 0 radical (unpaired) electrons. The van der Waals surface area contributed by atoms with E-state index in [1.165, 1.54) is 50.3 Å².